The van der Waals surface area contributed by atoms with Gasteiger partial charge in [0.2, 0.25) is 11.8 Å². The molecule has 2 unspecified atom stereocenters. The highest BCUT2D eigenvalue weighted by Gasteiger charge is 2.43. The first-order valence-electron chi connectivity index (χ1n) is 46.3. The number of carbonyl (C=O) groups is 7. The molecule has 6 heterocycles. The number of carboxylic acids is 1. The van der Waals surface area contributed by atoms with E-state index < -0.39 is 106 Å². The lowest BCUT2D eigenvalue weighted by Gasteiger charge is -2.42. The van der Waals surface area contributed by atoms with E-state index in [1.54, 1.807) is 16.0 Å². The first-order valence-corrected chi connectivity index (χ1v) is 56.7. The molecule has 8 atom stereocenters. The van der Waals surface area contributed by atoms with Gasteiger partial charge in [0.25, 0.3) is 0 Å². The first kappa shape index (κ1) is 119. The van der Waals surface area contributed by atoms with Crippen LogP contribution in [0.25, 0.3) is 33.4 Å². The predicted molar refractivity (Wildman–Crippen MR) is 557 cm³/mol. The number of hydrogen-bond donors (Lipinski definition) is 3. The highest BCUT2D eigenvalue weighted by atomic mass is 35.5. The van der Waals surface area contributed by atoms with E-state index in [4.69, 9.17) is 37.3 Å². The Kier molecular flexibility index (Phi) is 47.9. The standard InChI is InChI=1S/C37H50F2N4O5SSi.C33H42ClF2N3O3Si.C22H24F2N2.C10H18FNO3Si.4CH4/c1-37(2,3)34(32-17-27(29-18-28(38)11-12-30(29)39)22-42(32)19-25-9-7-6-8-10-25)43(33(44)24-49-23-31(40)35(45)46)21-26-13-14-41(20-26)36(47)48-15-16-50(4)5;1-33(2,3)31(39(30(40)18-34)21-24-12-13-37(20-24)32(41)42-14-15-43-4)29-16-25(27-17-26(35)10-11-28(27)36)22-38(29)19-23-8-6-5-7-9-23;1-22(2,3)21(25)20-11-16(18-12-17(23)9-10-19(18)24)14-26(20)13-15-7-5-4-6-8-15;1-16(2)4-3-15-10(14)12-5-8(7-13)9(11)6-12;;;;/h6-12,17-18,22,26,31,34,50H,13-16,19-21,23-24,40H2,1-5H3,(H,45,46);5-11,16-17,22,24,31H,12-15,18-21,43H2,1-4H3;4-12,14,21H,13,25H2,1-3H3;7-9,16H,3-6H2,1-2H3;4*1H4/t26?,31-,34-;24?,31-;21-;8-,9-;;;;/m0000..../s1. The van der Waals surface area contributed by atoms with Crippen molar-refractivity contribution < 1.29 is 83.6 Å². The number of nitrogens with two attached hydrogens (primary N) is 2. The second kappa shape index (κ2) is 55.8. The van der Waals surface area contributed by atoms with Gasteiger partial charge in [0, 0.05) is 173 Å². The number of rotatable bonds is 34. The summed E-state index contributed by atoms with van der Waals surface area (Å²) in [5, 5.41) is 9.30. The third-order valence-corrected chi connectivity index (χ3v) is 29.1. The van der Waals surface area contributed by atoms with Crippen LogP contribution in [0.3, 0.4) is 0 Å². The number of carboxylic acid groups (broad SMARTS) is 1. The minimum atomic E-state index is -1.25. The fourth-order valence-electron chi connectivity index (χ4n) is 16.7. The summed E-state index contributed by atoms with van der Waals surface area (Å²) >= 11 is 7.36. The molecule has 3 aromatic heterocycles. The average Bonchev–Trinajstić information content (AvgIpc) is 1.65. The second-order valence-corrected chi connectivity index (χ2v) is 49.0. The number of aldehydes is 1. The quantitative estimate of drug-likeness (QED) is 0.00847. The van der Waals surface area contributed by atoms with E-state index in [0.29, 0.717) is 108 Å². The first-order chi connectivity index (χ1) is 63.9. The number of aromatic nitrogens is 3. The number of hydrogen-bond acceptors (Lipinski definition) is 13. The van der Waals surface area contributed by atoms with Crippen molar-refractivity contribution in [3.05, 3.63) is 251 Å². The Morgan fingerprint density at radius 1 is 0.511 bits per heavy atom. The summed E-state index contributed by atoms with van der Waals surface area (Å²) in [6, 6.07) is 46.0. The van der Waals surface area contributed by atoms with Crippen molar-refractivity contribution >= 4 is 92.8 Å². The van der Waals surface area contributed by atoms with Gasteiger partial charge in [0.05, 0.1) is 50.1 Å². The fraction of sp³-hybridized carbons (Fsp3) is 0.481. The highest BCUT2D eigenvalue weighted by molar-refractivity contribution is 8.00. The van der Waals surface area contributed by atoms with Gasteiger partial charge >= 0.3 is 24.2 Å². The van der Waals surface area contributed by atoms with Crippen LogP contribution in [0.5, 0.6) is 0 Å². The van der Waals surface area contributed by atoms with E-state index in [1.165, 1.54) is 23.1 Å². The summed E-state index contributed by atoms with van der Waals surface area (Å²) in [5.41, 5.74) is 18.8. The number of benzene rings is 6. The van der Waals surface area contributed by atoms with Gasteiger partial charge in [0.15, 0.2) is 0 Å². The smallest absolute Gasteiger partial charge is 0.409 e. The molecule has 3 fully saturated rings. The number of nitrogens with zero attached hydrogens (tertiary/aromatic N) is 8. The third kappa shape index (κ3) is 35.2. The Morgan fingerprint density at radius 3 is 1.21 bits per heavy atom. The van der Waals surface area contributed by atoms with Gasteiger partial charge in [-0.05, 0) is 149 Å². The molecule has 0 radical (unpaired) electrons. The van der Waals surface area contributed by atoms with Crippen LogP contribution >= 0.6 is 23.4 Å². The van der Waals surface area contributed by atoms with Crippen LogP contribution in [-0.4, -0.2) is 215 Å². The number of amides is 5. The molecule has 5 amide bonds. The van der Waals surface area contributed by atoms with Gasteiger partial charge < -0.3 is 73.8 Å². The fourth-order valence-corrected chi connectivity index (χ4v) is 19.3. The van der Waals surface area contributed by atoms with E-state index in [1.807, 2.05) is 166 Å². The van der Waals surface area contributed by atoms with Gasteiger partial charge in [-0.3, -0.25) is 14.4 Å². The number of halogens is 8. The average molecular weight is 2030 g/mol. The summed E-state index contributed by atoms with van der Waals surface area (Å²) in [6.07, 6.45) is 5.08. The van der Waals surface area contributed by atoms with Gasteiger partial charge in [-0.25, -0.2) is 45.1 Å². The summed E-state index contributed by atoms with van der Waals surface area (Å²) in [6.45, 7) is 35.1. The maximum absolute atomic E-state index is 15.2. The molecule has 3 saturated heterocycles. The van der Waals surface area contributed by atoms with Crippen molar-refractivity contribution in [3.8, 4) is 33.4 Å². The molecule has 21 nitrogen and oxygen atoms in total. The summed E-state index contributed by atoms with van der Waals surface area (Å²) < 4.78 is 122. The lowest BCUT2D eigenvalue weighted by Crippen LogP contribution is -2.46. The van der Waals surface area contributed by atoms with Gasteiger partial charge in [-0.2, -0.15) is 0 Å². The van der Waals surface area contributed by atoms with Gasteiger partial charge in [0.1, 0.15) is 59.3 Å². The topological polar surface area (TPSA) is 250 Å². The number of ether oxygens (including phenoxy) is 3. The largest absolute Gasteiger partial charge is 0.480 e. The van der Waals surface area contributed by atoms with Crippen molar-refractivity contribution in [3.63, 3.8) is 0 Å². The minimum absolute atomic E-state index is 0. The number of likely N-dealkylation sites (tertiary alicyclic amines) is 3. The van der Waals surface area contributed by atoms with Crippen LogP contribution in [0.1, 0.15) is 157 Å². The van der Waals surface area contributed by atoms with Crippen LogP contribution in [0.15, 0.2) is 182 Å². The number of thioether (sulfide) groups is 1. The monoisotopic (exact) mass is 2020 g/mol. The zero-order chi connectivity index (χ0) is 98.8. The summed E-state index contributed by atoms with van der Waals surface area (Å²) in [5.74, 6) is -5.47. The molecule has 0 spiro atoms. The highest BCUT2D eigenvalue weighted by Crippen LogP contribution is 2.46. The maximum atomic E-state index is 15.2. The van der Waals surface area contributed by atoms with Crippen molar-refractivity contribution in [1.29, 1.82) is 0 Å². The molecule has 764 valence electrons. The number of aliphatic carboxylic acids is 1. The van der Waals surface area contributed by atoms with Crippen LogP contribution in [0.4, 0.5) is 45.1 Å². The van der Waals surface area contributed by atoms with E-state index in [-0.39, 0.29) is 134 Å². The zero-order valence-electron chi connectivity index (χ0n) is 80.1. The molecule has 0 saturated carbocycles. The predicted octanol–water partition coefficient (Wildman–Crippen LogP) is 22.4. The minimum Gasteiger partial charge on any atom is -0.480 e. The van der Waals surface area contributed by atoms with Gasteiger partial charge in [-0.15, -0.1) is 23.4 Å². The third-order valence-electron chi connectivity index (χ3n) is 24.1. The Bertz CT molecular complexity index is 5380. The molecule has 0 bridgehead atoms. The van der Waals surface area contributed by atoms with E-state index in [9.17, 15) is 65.0 Å². The van der Waals surface area contributed by atoms with E-state index in [0.717, 1.165) is 106 Å². The van der Waals surface area contributed by atoms with Crippen molar-refractivity contribution in [1.82, 2.24) is 38.2 Å². The van der Waals surface area contributed by atoms with Gasteiger partial charge in [-0.1, -0.05) is 216 Å². The Hall–Kier alpha value is -10.2. The molecular formula is C106H150ClF7N10O11SSi3. The summed E-state index contributed by atoms with van der Waals surface area (Å²) in [4.78, 5) is 95.0. The number of alkyl halides is 2. The molecule has 5 N–H and O–H groups in total. The molecule has 9 aromatic rings. The lowest BCUT2D eigenvalue weighted by atomic mass is 9.82. The molecule has 0 aliphatic carbocycles. The molecule has 33 heteroatoms. The summed E-state index contributed by atoms with van der Waals surface area (Å²) in [7, 11) is -1.75. The van der Waals surface area contributed by atoms with Crippen molar-refractivity contribution in [2.24, 2.45) is 45.5 Å². The maximum Gasteiger partial charge on any atom is 0.409 e. The van der Waals surface area contributed by atoms with E-state index >= 15 is 4.39 Å². The number of carbonyl (C=O) groups excluding carboxylic acids is 6. The molecule has 3 aliphatic rings. The normalized spacial score (nSPS) is 16.1. The van der Waals surface area contributed by atoms with Crippen LogP contribution in [0, 0.1) is 68.9 Å². The Labute approximate surface area is 834 Å². The molecular weight excluding hydrogens is 1870 g/mol. The Morgan fingerprint density at radius 2 is 0.871 bits per heavy atom. The molecule has 139 heavy (non-hydrogen) atoms. The molecule has 6 aromatic carbocycles. The Balaban J connectivity index is 0.000000346. The lowest BCUT2D eigenvalue weighted by molar-refractivity contribution is -0.138. The zero-order valence-corrected chi connectivity index (χ0v) is 85.4. The SMILES string of the molecule is C.C.C.C.CC(C)(C)[C@@H](N)c1cc(-c2cc(F)ccc2F)cn1Cc1ccccc1.C[SiH2]CCOC(=O)N1CCC(CN(C(=O)CCl)[C@@H](c2cc(-c3cc(F)ccc3F)cn2Cc2ccccc2)C(C)(C)C)C1.C[SiH](C)CCOC(=O)N1CCC(CN(C(=O)CSC[C@H](N)C(=O)O)[C@@H](c2cc(-c3cc(F)ccc3F)cn2Cc2ccccc2)C(C)(C)C)C1.C[SiH](C)CCOC(=O)N1C[C@@H](C=O)[C@@H](F)C1. The van der Waals surface area contributed by atoms with E-state index in [2.05, 4.69) is 74.3 Å². The molecule has 12 rings (SSSR count). The second-order valence-electron chi connectivity index (χ2n) is 39.2. The van der Waals surface area contributed by atoms with Crippen LogP contribution in [-0.2, 0) is 53.0 Å². The van der Waals surface area contributed by atoms with Crippen LogP contribution in [0.2, 0.25) is 50.9 Å². The van der Waals surface area contributed by atoms with Crippen molar-refractivity contribution in [2.45, 2.75) is 206 Å². The molecule has 3 aliphatic heterocycles. The van der Waals surface area contributed by atoms with Crippen LogP contribution < -0.4 is 11.5 Å². The van der Waals surface area contributed by atoms with Crippen molar-refractivity contribution in [2.75, 3.05) is 89.6 Å².